The Kier molecular flexibility index (Phi) is 7.10. The molecule has 1 heterocycles. The molecule has 25 heavy (non-hydrogen) atoms. The van der Waals surface area contributed by atoms with Gasteiger partial charge in [0.05, 0.1) is 17.2 Å². The number of carboxylic acid groups (broad SMARTS) is 1. The van der Waals surface area contributed by atoms with Gasteiger partial charge in [0.1, 0.15) is 10.9 Å². The third-order valence-corrected chi connectivity index (χ3v) is 4.98. The Labute approximate surface area is 152 Å². The maximum absolute atomic E-state index is 12.3. The van der Waals surface area contributed by atoms with Gasteiger partial charge < -0.3 is 15.7 Å². The van der Waals surface area contributed by atoms with Crippen molar-refractivity contribution in [1.29, 1.82) is 0 Å². The van der Waals surface area contributed by atoms with Gasteiger partial charge in [-0.3, -0.25) is 9.59 Å². The molecule has 0 radical (unpaired) electrons. The fourth-order valence-corrected chi connectivity index (χ4v) is 3.15. The summed E-state index contributed by atoms with van der Waals surface area (Å²) >= 11 is 1.30. The lowest BCUT2D eigenvalue weighted by Crippen LogP contribution is -2.46. The first-order valence-electron chi connectivity index (χ1n) is 8.20. The van der Waals surface area contributed by atoms with E-state index in [-0.39, 0.29) is 23.8 Å². The van der Waals surface area contributed by atoms with Crippen molar-refractivity contribution in [3.63, 3.8) is 0 Å². The van der Waals surface area contributed by atoms with Crippen LogP contribution in [0.3, 0.4) is 0 Å². The number of amides is 2. The van der Waals surface area contributed by atoms with Gasteiger partial charge in [-0.2, -0.15) is 0 Å². The van der Waals surface area contributed by atoms with Gasteiger partial charge in [0.25, 0.3) is 5.91 Å². The van der Waals surface area contributed by atoms with Gasteiger partial charge >= 0.3 is 5.97 Å². The van der Waals surface area contributed by atoms with Gasteiger partial charge in [-0.05, 0) is 19.3 Å². The summed E-state index contributed by atoms with van der Waals surface area (Å²) in [7, 11) is 0. The monoisotopic (exact) mass is 369 g/mol. The molecule has 0 bridgehead atoms. The Bertz CT molecular complexity index is 647. The molecule has 0 unspecified atom stereocenters. The number of hydrogen-bond donors (Lipinski definition) is 3. The molecule has 1 rings (SSSR count). The van der Waals surface area contributed by atoms with Crippen LogP contribution in [0.2, 0.25) is 0 Å². The largest absolute Gasteiger partial charge is 0.480 e. The first kappa shape index (κ1) is 21.1. The lowest BCUT2D eigenvalue weighted by molar-refractivity contribution is -0.142. The molecule has 0 spiro atoms. The number of nitrogens with one attached hydrogen (secondary N) is 2. The summed E-state index contributed by atoms with van der Waals surface area (Å²) in [5.74, 6) is -1.86. The van der Waals surface area contributed by atoms with E-state index in [0.717, 1.165) is 5.01 Å². The molecule has 0 aliphatic carbocycles. The van der Waals surface area contributed by atoms with Crippen LogP contribution in [0.15, 0.2) is 0 Å². The molecule has 2 amide bonds. The average Bonchev–Trinajstić information content (AvgIpc) is 2.85. The second-order valence-corrected chi connectivity index (χ2v) is 8.45. The smallest absolute Gasteiger partial charge is 0.326 e. The zero-order chi connectivity index (χ0) is 19.4. The SMILES string of the molecule is Cc1nc(C(C)(C)C)sc1C(=O)NCC(=O)N[C@@H](CC(C)C)C(=O)O. The quantitative estimate of drug-likeness (QED) is 0.682. The molecular weight excluding hydrogens is 342 g/mol. The number of aliphatic carboxylic acids is 1. The Balaban J connectivity index is 2.65. The Hall–Kier alpha value is -1.96. The van der Waals surface area contributed by atoms with Crippen molar-refractivity contribution < 1.29 is 19.5 Å². The number of thiazole rings is 1. The van der Waals surface area contributed by atoms with Crippen molar-refractivity contribution in [2.45, 2.75) is 59.4 Å². The van der Waals surface area contributed by atoms with Crippen LogP contribution in [-0.2, 0) is 15.0 Å². The summed E-state index contributed by atoms with van der Waals surface area (Å²) < 4.78 is 0. The van der Waals surface area contributed by atoms with Crippen LogP contribution >= 0.6 is 11.3 Å². The summed E-state index contributed by atoms with van der Waals surface area (Å²) in [4.78, 5) is 40.2. The molecule has 1 atom stereocenters. The second-order valence-electron chi connectivity index (χ2n) is 7.45. The summed E-state index contributed by atoms with van der Waals surface area (Å²) in [5.41, 5.74) is 0.465. The summed E-state index contributed by atoms with van der Waals surface area (Å²) in [6.45, 7) is 11.3. The van der Waals surface area contributed by atoms with Crippen LogP contribution in [0, 0.1) is 12.8 Å². The average molecular weight is 369 g/mol. The Morgan fingerprint density at radius 1 is 1.24 bits per heavy atom. The van der Waals surface area contributed by atoms with E-state index in [4.69, 9.17) is 5.11 Å². The molecule has 0 aliphatic heterocycles. The number of hydrogen-bond acceptors (Lipinski definition) is 5. The van der Waals surface area contributed by atoms with Crippen molar-refractivity contribution in [3.05, 3.63) is 15.6 Å². The van der Waals surface area contributed by atoms with Gasteiger partial charge in [-0.1, -0.05) is 34.6 Å². The molecule has 0 aliphatic rings. The van der Waals surface area contributed by atoms with Crippen molar-refractivity contribution in [1.82, 2.24) is 15.6 Å². The van der Waals surface area contributed by atoms with Crippen LogP contribution < -0.4 is 10.6 Å². The van der Waals surface area contributed by atoms with E-state index in [2.05, 4.69) is 15.6 Å². The van der Waals surface area contributed by atoms with Crippen molar-refractivity contribution in [2.24, 2.45) is 5.92 Å². The molecule has 0 aromatic carbocycles. The fourth-order valence-electron chi connectivity index (χ4n) is 2.11. The molecule has 1 aromatic rings. The molecule has 0 saturated heterocycles. The number of carbonyl (C=O) groups excluding carboxylic acids is 2. The minimum atomic E-state index is -1.08. The Morgan fingerprint density at radius 3 is 2.28 bits per heavy atom. The van der Waals surface area contributed by atoms with Crippen molar-refractivity contribution >= 4 is 29.1 Å². The van der Waals surface area contributed by atoms with E-state index < -0.39 is 17.9 Å². The second kappa shape index (κ2) is 8.42. The molecule has 0 fully saturated rings. The lowest BCUT2D eigenvalue weighted by atomic mass is 9.98. The van der Waals surface area contributed by atoms with Gasteiger partial charge in [-0.15, -0.1) is 11.3 Å². The van der Waals surface area contributed by atoms with Crippen LogP contribution in [-0.4, -0.2) is 40.5 Å². The molecule has 1 aromatic heterocycles. The number of carbonyl (C=O) groups is 3. The third-order valence-electron chi connectivity index (χ3n) is 3.39. The van der Waals surface area contributed by atoms with Crippen LogP contribution in [0.5, 0.6) is 0 Å². The highest BCUT2D eigenvalue weighted by Gasteiger charge is 2.24. The van der Waals surface area contributed by atoms with Crippen LogP contribution in [0.4, 0.5) is 0 Å². The van der Waals surface area contributed by atoms with E-state index >= 15 is 0 Å². The first-order valence-corrected chi connectivity index (χ1v) is 9.01. The predicted molar refractivity (Wildman–Crippen MR) is 96.9 cm³/mol. The van der Waals surface area contributed by atoms with E-state index in [9.17, 15) is 14.4 Å². The standard InChI is InChI=1S/C17H27N3O4S/c1-9(2)7-11(15(23)24)20-12(21)8-18-14(22)13-10(3)19-16(25-13)17(4,5)6/h9,11H,7-8H2,1-6H3,(H,18,22)(H,20,21)(H,23,24)/t11-/m0/s1. The molecule has 3 N–H and O–H groups in total. The van der Waals surface area contributed by atoms with Gasteiger partial charge in [0, 0.05) is 5.41 Å². The predicted octanol–water partition coefficient (Wildman–Crippen LogP) is 2.09. The highest BCUT2D eigenvalue weighted by atomic mass is 32.1. The summed E-state index contributed by atoms with van der Waals surface area (Å²) in [6.07, 6.45) is 0.331. The highest BCUT2D eigenvalue weighted by molar-refractivity contribution is 7.14. The van der Waals surface area contributed by atoms with Gasteiger partial charge in [0.15, 0.2) is 0 Å². The minimum absolute atomic E-state index is 0.131. The topological polar surface area (TPSA) is 108 Å². The number of nitrogens with zero attached hydrogens (tertiary/aromatic N) is 1. The molecule has 8 heteroatoms. The number of rotatable bonds is 7. The maximum Gasteiger partial charge on any atom is 0.326 e. The Morgan fingerprint density at radius 2 is 1.84 bits per heavy atom. The van der Waals surface area contributed by atoms with E-state index in [0.29, 0.717) is 17.0 Å². The summed E-state index contributed by atoms with van der Waals surface area (Å²) in [6, 6.07) is -0.956. The molecular formula is C17H27N3O4S. The number of aryl methyl sites for hydroxylation is 1. The van der Waals surface area contributed by atoms with Crippen molar-refractivity contribution in [2.75, 3.05) is 6.54 Å². The zero-order valence-electron chi connectivity index (χ0n) is 15.6. The fraction of sp³-hybridized carbons (Fsp3) is 0.647. The first-order chi connectivity index (χ1) is 11.4. The normalized spacial score (nSPS) is 12.8. The van der Waals surface area contributed by atoms with E-state index in [1.165, 1.54) is 11.3 Å². The molecule has 7 nitrogen and oxygen atoms in total. The minimum Gasteiger partial charge on any atom is -0.480 e. The van der Waals surface area contributed by atoms with Gasteiger partial charge in [0.2, 0.25) is 5.91 Å². The zero-order valence-corrected chi connectivity index (χ0v) is 16.4. The maximum atomic E-state index is 12.3. The van der Waals surface area contributed by atoms with Crippen molar-refractivity contribution in [3.8, 4) is 0 Å². The molecule has 0 saturated carbocycles. The molecule has 140 valence electrons. The van der Waals surface area contributed by atoms with Crippen LogP contribution in [0.1, 0.15) is 61.4 Å². The van der Waals surface area contributed by atoms with E-state index in [1.807, 2.05) is 34.6 Å². The summed E-state index contributed by atoms with van der Waals surface area (Å²) in [5, 5.41) is 14.9. The lowest BCUT2D eigenvalue weighted by Gasteiger charge is -2.16. The van der Waals surface area contributed by atoms with Crippen LogP contribution in [0.25, 0.3) is 0 Å². The number of carboxylic acids is 1. The third kappa shape index (κ3) is 6.45. The van der Waals surface area contributed by atoms with E-state index in [1.54, 1.807) is 6.92 Å². The number of aromatic nitrogens is 1. The highest BCUT2D eigenvalue weighted by Crippen LogP contribution is 2.29. The van der Waals surface area contributed by atoms with Gasteiger partial charge in [-0.25, -0.2) is 9.78 Å².